The van der Waals surface area contributed by atoms with Gasteiger partial charge in [0.25, 0.3) is 5.56 Å². The van der Waals surface area contributed by atoms with Gasteiger partial charge in [0, 0.05) is 14.1 Å². The number of methoxy groups -OCH3 is 1. The number of fused-ring (bicyclic) bond motifs is 1. The van der Waals surface area contributed by atoms with E-state index >= 15 is 0 Å². The largest absolute Gasteiger partial charge is 0.497 e. The second-order valence-electron chi connectivity index (χ2n) is 8.20. The van der Waals surface area contributed by atoms with Crippen LogP contribution in [0.1, 0.15) is 5.56 Å². The third-order valence-corrected chi connectivity index (χ3v) is 5.98. The molecule has 0 atom stereocenters. The Labute approximate surface area is 201 Å². The number of ether oxygens (including phenoxy) is 2. The molecule has 0 saturated carbocycles. The van der Waals surface area contributed by atoms with E-state index in [0.717, 1.165) is 27.0 Å². The Morgan fingerprint density at radius 3 is 2.06 bits per heavy atom. The average Bonchev–Trinajstić information content (AvgIpc) is 3.25. The smallest absolute Gasteiger partial charge is 0.332 e. The molecule has 8 heteroatoms. The maximum absolute atomic E-state index is 13.1. The lowest BCUT2D eigenvalue weighted by Crippen LogP contribution is -2.37. The topological polar surface area (TPSA) is 80.3 Å². The van der Waals surface area contributed by atoms with Crippen molar-refractivity contribution < 1.29 is 9.47 Å². The van der Waals surface area contributed by atoms with Crippen molar-refractivity contribution in [3.05, 3.63) is 105 Å². The fourth-order valence-corrected chi connectivity index (χ4v) is 4.02. The number of benzene rings is 3. The lowest BCUT2D eigenvalue weighted by molar-refractivity contribution is 0.414. The monoisotopic (exact) mass is 468 g/mol. The van der Waals surface area contributed by atoms with Crippen molar-refractivity contribution in [2.75, 3.05) is 7.11 Å². The number of rotatable bonds is 6. The van der Waals surface area contributed by atoms with Gasteiger partial charge in [-0.2, -0.15) is 4.98 Å². The molecule has 5 aromatic rings. The maximum Gasteiger partial charge on any atom is 0.332 e. The zero-order chi connectivity index (χ0) is 24.5. The third-order valence-electron chi connectivity index (χ3n) is 5.98. The van der Waals surface area contributed by atoms with Crippen molar-refractivity contribution in [1.29, 1.82) is 0 Å². The molecule has 35 heavy (non-hydrogen) atoms. The molecule has 8 nitrogen and oxygen atoms in total. The molecule has 0 aliphatic rings. The van der Waals surface area contributed by atoms with Gasteiger partial charge in [-0.3, -0.25) is 18.5 Å². The summed E-state index contributed by atoms with van der Waals surface area (Å²) < 4.78 is 15.5. The van der Waals surface area contributed by atoms with Crippen LogP contribution in [0, 0.1) is 0 Å². The van der Waals surface area contributed by atoms with Crippen molar-refractivity contribution >= 4 is 11.2 Å². The zero-order valence-electron chi connectivity index (χ0n) is 19.6. The van der Waals surface area contributed by atoms with E-state index in [1.807, 2.05) is 78.9 Å². The highest BCUT2D eigenvalue weighted by Crippen LogP contribution is 2.28. The minimum Gasteiger partial charge on any atom is -0.497 e. The molecule has 0 N–H and O–H groups in total. The molecule has 0 fully saturated rings. The van der Waals surface area contributed by atoms with E-state index in [1.54, 1.807) is 18.7 Å². The van der Waals surface area contributed by atoms with Crippen molar-refractivity contribution in [2.45, 2.75) is 6.54 Å². The van der Waals surface area contributed by atoms with Gasteiger partial charge in [0.15, 0.2) is 11.2 Å². The Morgan fingerprint density at radius 2 is 1.40 bits per heavy atom. The first-order valence-corrected chi connectivity index (χ1v) is 11.1. The second kappa shape index (κ2) is 8.98. The van der Waals surface area contributed by atoms with Crippen LogP contribution in [-0.4, -0.2) is 25.8 Å². The number of hydrogen-bond donors (Lipinski definition) is 0. The summed E-state index contributed by atoms with van der Waals surface area (Å²) in [7, 11) is 4.66. The summed E-state index contributed by atoms with van der Waals surface area (Å²) in [5, 5.41) is 0. The first kappa shape index (κ1) is 22.2. The number of hydrogen-bond acceptors (Lipinski definition) is 5. The lowest BCUT2D eigenvalue weighted by Gasteiger charge is -2.11. The molecule has 176 valence electrons. The zero-order valence-corrected chi connectivity index (χ0v) is 19.6. The Kier molecular flexibility index (Phi) is 5.70. The summed E-state index contributed by atoms with van der Waals surface area (Å²) >= 11 is 0. The predicted octanol–water partition coefficient (Wildman–Crippen LogP) is 3.95. The molecule has 0 aliphatic heterocycles. The lowest BCUT2D eigenvalue weighted by atomic mass is 10.1. The van der Waals surface area contributed by atoms with Crippen LogP contribution in [0.15, 0.2) is 88.5 Å². The van der Waals surface area contributed by atoms with Crippen molar-refractivity contribution in [3.63, 3.8) is 0 Å². The van der Waals surface area contributed by atoms with Gasteiger partial charge in [-0.15, -0.1) is 0 Å². The molecule has 0 unspecified atom stereocenters. The molecule has 2 heterocycles. The van der Waals surface area contributed by atoms with Crippen molar-refractivity contribution in [1.82, 2.24) is 18.7 Å². The summed E-state index contributed by atoms with van der Waals surface area (Å²) in [4.78, 5) is 30.1. The molecule has 0 spiro atoms. The van der Waals surface area contributed by atoms with Crippen LogP contribution in [0.25, 0.3) is 22.3 Å². The molecule has 5 rings (SSSR count). The second-order valence-corrected chi connectivity index (χ2v) is 8.20. The van der Waals surface area contributed by atoms with Crippen LogP contribution in [-0.2, 0) is 20.6 Å². The van der Waals surface area contributed by atoms with Gasteiger partial charge in [-0.25, -0.2) is 4.79 Å². The van der Waals surface area contributed by atoms with Gasteiger partial charge in [0.2, 0.25) is 0 Å². The minimum absolute atomic E-state index is 0.224. The fraction of sp³-hybridized carbons (Fsp3) is 0.148. The van der Waals surface area contributed by atoms with Crippen LogP contribution in [0.4, 0.5) is 0 Å². The Hall–Kier alpha value is -4.59. The highest BCUT2D eigenvalue weighted by atomic mass is 16.5. The minimum atomic E-state index is -0.449. The molecule has 0 amide bonds. The van der Waals surface area contributed by atoms with Gasteiger partial charge in [0.1, 0.15) is 11.5 Å². The maximum atomic E-state index is 13.1. The van der Waals surface area contributed by atoms with Gasteiger partial charge in [-0.1, -0.05) is 54.6 Å². The van der Waals surface area contributed by atoms with E-state index in [9.17, 15) is 9.59 Å². The first-order chi connectivity index (χ1) is 17.0. The summed E-state index contributed by atoms with van der Waals surface area (Å²) in [6, 6.07) is 25.5. The van der Waals surface area contributed by atoms with E-state index in [1.165, 1.54) is 11.6 Å². The number of aromatic nitrogens is 4. The first-order valence-electron chi connectivity index (χ1n) is 11.1. The molecular weight excluding hydrogens is 444 g/mol. The average molecular weight is 469 g/mol. The van der Waals surface area contributed by atoms with E-state index in [0.29, 0.717) is 17.8 Å². The molecule has 2 aromatic heterocycles. The standard InChI is InChI=1S/C27H24N4O4/c1-29-24-23(25(32)30(2)27(29)33)31(17-18-9-13-21(34-3)14-10-18)26(28-24)35-22-15-11-20(12-16-22)19-7-5-4-6-8-19/h4-16H,17H2,1-3H3. The number of aryl methyl sites for hydroxylation is 1. The number of imidazole rings is 1. The van der Waals surface area contributed by atoms with E-state index in [4.69, 9.17) is 9.47 Å². The molecule has 0 aliphatic carbocycles. The Bertz CT molecular complexity index is 1610. The van der Waals surface area contributed by atoms with Crippen LogP contribution in [0.3, 0.4) is 0 Å². The summed E-state index contributed by atoms with van der Waals surface area (Å²) in [5.41, 5.74) is 2.76. The molecule has 0 radical (unpaired) electrons. The summed E-state index contributed by atoms with van der Waals surface area (Å²) in [6.45, 7) is 0.325. The van der Waals surface area contributed by atoms with Gasteiger partial charge in [0.05, 0.1) is 13.7 Å². The van der Waals surface area contributed by atoms with Crippen LogP contribution in [0.2, 0.25) is 0 Å². The molecule has 3 aromatic carbocycles. The fourth-order valence-electron chi connectivity index (χ4n) is 4.02. The highest BCUT2D eigenvalue weighted by Gasteiger charge is 2.21. The quantitative estimate of drug-likeness (QED) is 0.377. The van der Waals surface area contributed by atoms with Crippen LogP contribution >= 0.6 is 0 Å². The van der Waals surface area contributed by atoms with Gasteiger partial charge in [-0.05, 0) is 41.0 Å². The molecule has 0 bridgehead atoms. The third kappa shape index (κ3) is 4.10. The summed E-state index contributed by atoms with van der Waals surface area (Å²) in [5.74, 6) is 1.30. The highest BCUT2D eigenvalue weighted by molar-refractivity contribution is 5.72. The molecule has 0 saturated heterocycles. The van der Waals surface area contributed by atoms with Crippen LogP contribution < -0.4 is 20.7 Å². The van der Waals surface area contributed by atoms with Crippen molar-refractivity contribution in [3.8, 4) is 28.6 Å². The van der Waals surface area contributed by atoms with Crippen molar-refractivity contribution in [2.24, 2.45) is 14.1 Å². The van der Waals surface area contributed by atoms with Gasteiger partial charge < -0.3 is 9.47 Å². The Morgan fingerprint density at radius 1 is 0.771 bits per heavy atom. The number of nitrogens with zero attached hydrogens (tertiary/aromatic N) is 4. The van der Waals surface area contributed by atoms with E-state index in [-0.39, 0.29) is 11.7 Å². The SMILES string of the molecule is COc1ccc(Cn2c(Oc3ccc(-c4ccccc4)cc3)nc3c2c(=O)n(C)c(=O)n3C)cc1. The normalized spacial score (nSPS) is 11.1. The van der Waals surface area contributed by atoms with E-state index in [2.05, 4.69) is 4.98 Å². The van der Waals surface area contributed by atoms with Gasteiger partial charge >= 0.3 is 11.7 Å². The molecular formula is C27H24N4O4. The Balaban J connectivity index is 1.59. The van der Waals surface area contributed by atoms with E-state index < -0.39 is 11.2 Å². The summed E-state index contributed by atoms with van der Waals surface area (Å²) in [6.07, 6.45) is 0. The predicted molar refractivity (Wildman–Crippen MR) is 134 cm³/mol. The van der Waals surface area contributed by atoms with Crippen LogP contribution in [0.5, 0.6) is 17.5 Å².